The van der Waals surface area contributed by atoms with Gasteiger partial charge in [-0.1, -0.05) is 44.2 Å². The predicted molar refractivity (Wildman–Crippen MR) is 88.4 cm³/mol. The van der Waals surface area contributed by atoms with Gasteiger partial charge in [-0.15, -0.1) is 0 Å². The molecule has 0 amide bonds. The van der Waals surface area contributed by atoms with E-state index in [4.69, 9.17) is 16.3 Å². The van der Waals surface area contributed by atoms with Crippen molar-refractivity contribution < 1.29 is 9.42 Å². The SMILES string of the molecule is CCc1cccc(OP(O)(=S)c2ccccc2)c1CC. The largest absolute Gasteiger partial charge is 0.440 e. The van der Waals surface area contributed by atoms with Crippen LogP contribution in [0.2, 0.25) is 0 Å². The summed E-state index contributed by atoms with van der Waals surface area (Å²) in [5.41, 5.74) is 2.38. The molecule has 0 saturated carbocycles. The van der Waals surface area contributed by atoms with E-state index < -0.39 is 6.49 Å². The molecular weight excluding hydrogens is 287 g/mol. The van der Waals surface area contributed by atoms with Crippen LogP contribution < -0.4 is 9.83 Å². The standard InChI is InChI=1S/C16H19O2PS/c1-3-13-9-8-12-16(15(13)4-2)18-19(17,20)14-10-6-5-7-11-14/h5-12H,3-4H2,1-2H3,(H,17,20). The molecule has 1 atom stereocenters. The minimum atomic E-state index is -3.00. The number of aryl methyl sites for hydroxylation is 1. The van der Waals surface area contributed by atoms with Gasteiger partial charge in [-0.2, -0.15) is 0 Å². The van der Waals surface area contributed by atoms with Gasteiger partial charge < -0.3 is 9.42 Å². The van der Waals surface area contributed by atoms with Crippen LogP contribution in [-0.2, 0) is 24.6 Å². The average Bonchev–Trinajstić information content (AvgIpc) is 2.47. The summed E-state index contributed by atoms with van der Waals surface area (Å²) in [7, 11) is 0. The van der Waals surface area contributed by atoms with Crippen molar-refractivity contribution in [2.24, 2.45) is 0 Å². The minimum Gasteiger partial charge on any atom is -0.440 e. The number of benzene rings is 2. The number of rotatable bonds is 5. The van der Waals surface area contributed by atoms with Crippen LogP contribution in [0.4, 0.5) is 0 Å². The third-order valence-corrected chi connectivity index (χ3v) is 5.52. The van der Waals surface area contributed by atoms with E-state index in [1.165, 1.54) is 5.56 Å². The van der Waals surface area contributed by atoms with Crippen LogP contribution in [0.25, 0.3) is 0 Å². The molecule has 2 nitrogen and oxygen atoms in total. The maximum atomic E-state index is 10.5. The zero-order valence-corrected chi connectivity index (χ0v) is 13.5. The fourth-order valence-corrected chi connectivity index (χ4v) is 3.93. The Kier molecular flexibility index (Phi) is 4.98. The summed E-state index contributed by atoms with van der Waals surface area (Å²) in [5, 5.41) is 0.680. The molecule has 106 valence electrons. The molecule has 2 rings (SSSR count). The van der Waals surface area contributed by atoms with Gasteiger partial charge in [0.25, 0.3) is 6.49 Å². The monoisotopic (exact) mass is 306 g/mol. The van der Waals surface area contributed by atoms with Gasteiger partial charge in [0.1, 0.15) is 5.75 Å². The van der Waals surface area contributed by atoms with Crippen LogP contribution in [0.3, 0.4) is 0 Å². The average molecular weight is 306 g/mol. The van der Waals surface area contributed by atoms with Gasteiger partial charge in [0.15, 0.2) is 0 Å². The normalized spacial score (nSPS) is 13.8. The first kappa shape index (κ1) is 15.2. The second-order valence-corrected chi connectivity index (χ2v) is 7.77. The Morgan fingerprint density at radius 2 is 1.70 bits per heavy atom. The fraction of sp³-hybridized carbons (Fsp3) is 0.250. The van der Waals surface area contributed by atoms with Crippen molar-refractivity contribution in [3.8, 4) is 5.75 Å². The molecular formula is C16H19O2PS. The van der Waals surface area contributed by atoms with Crippen LogP contribution in [0.1, 0.15) is 25.0 Å². The summed E-state index contributed by atoms with van der Waals surface area (Å²) >= 11 is 5.32. The lowest BCUT2D eigenvalue weighted by Crippen LogP contribution is -2.09. The first-order valence-electron chi connectivity index (χ1n) is 6.77. The van der Waals surface area contributed by atoms with E-state index in [0.717, 1.165) is 18.4 Å². The van der Waals surface area contributed by atoms with E-state index in [-0.39, 0.29) is 0 Å². The van der Waals surface area contributed by atoms with Gasteiger partial charge in [-0.05, 0) is 54.0 Å². The lowest BCUT2D eigenvalue weighted by atomic mass is 10.0. The lowest BCUT2D eigenvalue weighted by molar-refractivity contribution is 0.492. The molecule has 1 unspecified atom stereocenters. The highest BCUT2D eigenvalue weighted by atomic mass is 32.5. The van der Waals surface area contributed by atoms with E-state index in [1.807, 2.05) is 42.5 Å². The van der Waals surface area contributed by atoms with Gasteiger partial charge >= 0.3 is 0 Å². The Morgan fingerprint density at radius 3 is 2.30 bits per heavy atom. The minimum absolute atomic E-state index is 0.680. The van der Waals surface area contributed by atoms with E-state index in [0.29, 0.717) is 11.1 Å². The molecule has 0 radical (unpaired) electrons. The van der Waals surface area contributed by atoms with Crippen LogP contribution in [0.5, 0.6) is 5.75 Å². The molecule has 2 aromatic rings. The van der Waals surface area contributed by atoms with Crippen molar-refractivity contribution >= 4 is 23.6 Å². The molecule has 1 N–H and O–H groups in total. The maximum Gasteiger partial charge on any atom is 0.266 e. The zero-order chi connectivity index (χ0) is 14.6. The Bertz CT molecular complexity index is 626. The van der Waals surface area contributed by atoms with E-state index in [9.17, 15) is 4.89 Å². The summed E-state index contributed by atoms with van der Waals surface area (Å²) in [4.78, 5) is 10.5. The van der Waals surface area contributed by atoms with Crippen molar-refractivity contribution in [2.45, 2.75) is 26.7 Å². The third-order valence-electron chi connectivity index (χ3n) is 3.27. The molecule has 0 fully saturated rings. The van der Waals surface area contributed by atoms with Gasteiger partial charge in [0, 0.05) is 5.30 Å². The van der Waals surface area contributed by atoms with Crippen LogP contribution in [0, 0.1) is 0 Å². The first-order chi connectivity index (χ1) is 9.58. The third kappa shape index (κ3) is 3.29. The van der Waals surface area contributed by atoms with Gasteiger partial charge in [-0.3, -0.25) is 0 Å². The van der Waals surface area contributed by atoms with E-state index in [1.54, 1.807) is 0 Å². The van der Waals surface area contributed by atoms with E-state index >= 15 is 0 Å². The number of hydrogen-bond acceptors (Lipinski definition) is 2. The summed E-state index contributed by atoms with van der Waals surface area (Å²) in [6.07, 6.45) is 1.81. The van der Waals surface area contributed by atoms with Crippen molar-refractivity contribution in [1.29, 1.82) is 0 Å². The summed E-state index contributed by atoms with van der Waals surface area (Å²) in [6.45, 7) is 1.20. The van der Waals surface area contributed by atoms with Gasteiger partial charge in [0.05, 0.1) is 0 Å². The second kappa shape index (κ2) is 6.53. The topological polar surface area (TPSA) is 29.5 Å². The number of hydrogen-bond donors (Lipinski definition) is 1. The van der Waals surface area contributed by atoms with E-state index in [2.05, 4.69) is 19.9 Å². The van der Waals surface area contributed by atoms with Crippen molar-refractivity contribution in [3.05, 3.63) is 59.7 Å². The van der Waals surface area contributed by atoms with Crippen LogP contribution in [-0.4, -0.2) is 4.89 Å². The van der Waals surface area contributed by atoms with Crippen molar-refractivity contribution in [3.63, 3.8) is 0 Å². The molecule has 4 heteroatoms. The Balaban J connectivity index is 2.37. The van der Waals surface area contributed by atoms with Crippen LogP contribution >= 0.6 is 6.49 Å². The van der Waals surface area contributed by atoms with Gasteiger partial charge in [-0.25, -0.2) is 0 Å². The molecule has 0 aliphatic carbocycles. The molecule has 0 aromatic heterocycles. The summed E-state index contributed by atoms with van der Waals surface area (Å²) < 4.78 is 5.83. The second-order valence-electron chi connectivity index (χ2n) is 4.55. The molecule has 0 aliphatic heterocycles. The maximum absolute atomic E-state index is 10.5. The molecule has 0 spiro atoms. The summed E-state index contributed by atoms with van der Waals surface area (Å²) in [6, 6.07) is 15.2. The Morgan fingerprint density at radius 1 is 1.00 bits per heavy atom. The van der Waals surface area contributed by atoms with Crippen molar-refractivity contribution in [1.82, 2.24) is 0 Å². The highest BCUT2D eigenvalue weighted by Crippen LogP contribution is 2.43. The molecule has 0 aliphatic rings. The Labute approximate surface area is 125 Å². The molecule has 0 heterocycles. The van der Waals surface area contributed by atoms with Crippen molar-refractivity contribution in [2.75, 3.05) is 0 Å². The fourth-order valence-electron chi connectivity index (χ4n) is 2.23. The van der Waals surface area contributed by atoms with Gasteiger partial charge in [0.2, 0.25) is 0 Å². The molecule has 0 saturated heterocycles. The molecule has 20 heavy (non-hydrogen) atoms. The smallest absolute Gasteiger partial charge is 0.266 e. The van der Waals surface area contributed by atoms with Crippen LogP contribution in [0.15, 0.2) is 48.5 Å². The Hall–Kier alpha value is -1.15. The quantitative estimate of drug-likeness (QED) is 0.852. The lowest BCUT2D eigenvalue weighted by Gasteiger charge is -2.20. The summed E-state index contributed by atoms with van der Waals surface area (Å²) in [5.74, 6) is 0.710. The molecule has 2 aromatic carbocycles. The highest BCUT2D eigenvalue weighted by molar-refractivity contribution is 8.13. The first-order valence-corrected chi connectivity index (χ1v) is 9.44. The highest BCUT2D eigenvalue weighted by Gasteiger charge is 2.20. The predicted octanol–water partition coefficient (Wildman–Crippen LogP) is 3.82. The zero-order valence-electron chi connectivity index (χ0n) is 11.7. The molecule has 0 bridgehead atoms.